The molecule has 2 N–H and O–H groups in total. The van der Waals surface area contributed by atoms with Gasteiger partial charge < -0.3 is 15.0 Å². The van der Waals surface area contributed by atoms with E-state index >= 15 is 0 Å². The Morgan fingerprint density at radius 2 is 2.00 bits per heavy atom. The predicted octanol–water partition coefficient (Wildman–Crippen LogP) is 2.50. The van der Waals surface area contributed by atoms with E-state index in [9.17, 15) is 9.59 Å². The maximum Gasteiger partial charge on any atom is 0.258 e. The van der Waals surface area contributed by atoms with Crippen molar-refractivity contribution in [2.75, 3.05) is 6.61 Å². The van der Waals surface area contributed by atoms with Crippen molar-refractivity contribution in [1.29, 1.82) is 0 Å². The second-order valence-electron chi connectivity index (χ2n) is 6.32. The molecule has 1 aliphatic rings. The first-order valence-corrected chi connectivity index (χ1v) is 8.70. The lowest BCUT2D eigenvalue weighted by Gasteiger charge is -2.26. The second-order valence-corrected chi connectivity index (χ2v) is 6.32. The summed E-state index contributed by atoms with van der Waals surface area (Å²) in [6.07, 6.45) is 1.39. The average Bonchev–Trinajstić information content (AvgIpc) is 2.67. The van der Waals surface area contributed by atoms with E-state index in [1.165, 1.54) is 0 Å². The van der Waals surface area contributed by atoms with E-state index in [0.717, 1.165) is 17.7 Å². The van der Waals surface area contributed by atoms with Gasteiger partial charge >= 0.3 is 0 Å². The Morgan fingerprint density at radius 3 is 2.92 bits per heavy atom. The molecule has 1 amide bonds. The molecule has 0 bridgehead atoms. The lowest BCUT2D eigenvalue weighted by Crippen LogP contribution is -2.32. The number of aromatic nitrogens is 2. The summed E-state index contributed by atoms with van der Waals surface area (Å²) in [4.78, 5) is 31.7. The highest BCUT2D eigenvalue weighted by Crippen LogP contribution is 2.31. The fourth-order valence-corrected chi connectivity index (χ4v) is 3.24. The normalized spacial score (nSPS) is 15.9. The molecule has 1 aromatic heterocycles. The number of fused-ring (bicyclic) bond motifs is 2. The molecular weight excluding hydrogens is 330 g/mol. The van der Waals surface area contributed by atoms with Crippen LogP contribution in [0.1, 0.15) is 30.3 Å². The number of aryl methyl sites for hydroxylation is 1. The number of rotatable bonds is 4. The van der Waals surface area contributed by atoms with Crippen LogP contribution in [0, 0.1) is 0 Å². The molecule has 2 heterocycles. The van der Waals surface area contributed by atoms with Gasteiger partial charge in [0.15, 0.2) is 0 Å². The van der Waals surface area contributed by atoms with Crippen molar-refractivity contribution in [3.05, 3.63) is 70.3 Å². The van der Waals surface area contributed by atoms with Crippen LogP contribution < -0.4 is 15.6 Å². The Balaban J connectivity index is 1.43. The zero-order valence-electron chi connectivity index (χ0n) is 14.2. The number of hydrogen-bond acceptors (Lipinski definition) is 4. The highest BCUT2D eigenvalue weighted by atomic mass is 16.5. The lowest BCUT2D eigenvalue weighted by atomic mass is 10.0. The van der Waals surface area contributed by atoms with E-state index in [-0.39, 0.29) is 23.9 Å². The van der Waals surface area contributed by atoms with Crippen molar-refractivity contribution in [2.45, 2.75) is 25.3 Å². The van der Waals surface area contributed by atoms with Crippen molar-refractivity contribution in [2.24, 2.45) is 0 Å². The number of carbonyl (C=O) groups is 1. The molecule has 0 aliphatic carbocycles. The molecule has 0 saturated carbocycles. The molecule has 0 fully saturated rings. The van der Waals surface area contributed by atoms with Crippen LogP contribution in [-0.2, 0) is 11.2 Å². The molecule has 1 unspecified atom stereocenters. The smallest absolute Gasteiger partial charge is 0.258 e. The molecule has 0 radical (unpaired) electrons. The van der Waals surface area contributed by atoms with Crippen molar-refractivity contribution in [3.8, 4) is 5.75 Å². The maximum atomic E-state index is 12.4. The second kappa shape index (κ2) is 7.00. The van der Waals surface area contributed by atoms with Crippen LogP contribution in [-0.4, -0.2) is 22.5 Å². The third-order valence-electron chi connectivity index (χ3n) is 4.54. The van der Waals surface area contributed by atoms with Crippen molar-refractivity contribution in [1.82, 2.24) is 15.3 Å². The number of H-pyrrole nitrogens is 1. The van der Waals surface area contributed by atoms with Gasteiger partial charge in [-0.1, -0.05) is 30.3 Å². The molecule has 26 heavy (non-hydrogen) atoms. The number of nitrogens with zero attached hydrogens (tertiary/aromatic N) is 1. The van der Waals surface area contributed by atoms with Crippen LogP contribution in [0.5, 0.6) is 5.75 Å². The number of nitrogens with one attached hydrogen (secondary N) is 2. The number of carbonyl (C=O) groups excluding carboxylic acids is 1. The van der Waals surface area contributed by atoms with Gasteiger partial charge in [-0.3, -0.25) is 9.59 Å². The molecule has 3 aromatic rings. The largest absolute Gasteiger partial charge is 0.493 e. The Kier molecular flexibility index (Phi) is 4.39. The highest BCUT2D eigenvalue weighted by molar-refractivity contribution is 5.78. The molecule has 6 nitrogen and oxygen atoms in total. The number of aromatic amines is 1. The molecule has 6 heteroatoms. The Labute approximate surface area is 150 Å². The van der Waals surface area contributed by atoms with Crippen molar-refractivity contribution in [3.63, 3.8) is 0 Å². The number of para-hydroxylation sites is 2. The summed E-state index contributed by atoms with van der Waals surface area (Å²) in [5.74, 6) is 1.28. The van der Waals surface area contributed by atoms with E-state index in [2.05, 4.69) is 15.3 Å². The average molecular weight is 349 g/mol. The van der Waals surface area contributed by atoms with Gasteiger partial charge in [0, 0.05) is 24.8 Å². The first kappa shape index (κ1) is 16.3. The molecule has 4 rings (SSSR count). The Hall–Kier alpha value is -3.15. The third kappa shape index (κ3) is 3.31. The minimum Gasteiger partial charge on any atom is -0.493 e. The zero-order valence-corrected chi connectivity index (χ0v) is 14.2. The minimum atomic E-state index is -0.177. The van der Waals surface area contributed by atoms with Crippen molar-refractivity contribution >= 4 is 16.8 Å². The molecule has 2 aromatic carbocycles. The topological polar surface area (TPSA) is 84.1 Å². The molecule has 1 aliphatic heterocycles. The SMILES string of the molecule is O=C(CCc1nc2ccccc2c(=O)[nH]1)NC1CCOc2ccccc21. The highest BCUT2D eigenvalue weighted by Gasteiger charge is 2.22. The quantitative estimate of drug-likeness (QED) is 0.758. The van der Waals surface area contributed by atoms with E-state index in [0.29, 0.717) is 29.8 Å². The number of amides is 1. The van der Waals surface area contributed by atoms with Crippen LogP contribution in [0.4, 0.5) is 0 Å². The van der Waals surface area contributed by atoms with Gasteiger partial charge in [-0.05, 0) is 18.2 Å². The molecular formula is C20H19N3O3. The van der Waals surface area contributed by atoms with Crippen molar-refractivity contribution < 1.29 is 9.53 Å². The van der Waals surface area contributed by atoms with E-state index in [1.54, 1.807) is 18.2 Å². The predicted molar refractivity (Wildman–Crippen MR) is 98.1 cm³/mol. The number of benzene rings is 2. The standard InChI is InChI=1S/C20H19N3O3/c24-19(22-16-11-12-26-17-8-4-2-5-13(16)17)10-9-18-21-15-7-3-1-6-14(15)20(25)23-18/h1-8,16H,9-12H2,(H,22,24)(H,21,23,25). The number of ether oxygens (including phenoxy) is 1. The molecule has 0 spiro atoms. The summed E-state index contributed by atoms with van der Waals surface area (Å²) in [7, 11) is 0. The summed E-state index contributed by atoms with van der Waals surface area (Å²) in [6.45, 7) is 0.585. The first-order valence-electron chi connectivity index (χ1n) is 8.70. The number of hydrogen-bond donors (Lipinski definition) is 2. The zero-order chi connectivity index (χ0) is 17.9. The fraction of sp³-hybridized carbons (Fsp3) is 0.250. The van der Waals surface area contributed by atoms with Gasteiger partial charge in [-0.2, -0.15) is 0 Å². The fourth-order valence-electron chi connectivity index (χ4n) is 3.24. The van der Waals surface area contributed by atoms with Gasteiger partial charge in [0.1, 0.15) is 11.6 Å². The summed E-state index contributed by atoms with van der Waals surface area (Å²) < 4.78 is 5.62. The monoisotopic (exact) mass is 349 g/mol. The van der Waals surface area contributed by atoms with Crippen LogP contribution in [0.15, 0.2) is 53.3 Å². The van der Waals surface area contributed by atoms with Crippen LogP contribution in [0.3, 0.4) is 0 Å². The van der Waals surface area contributed by atoms with E-state index < -0.39 is 0 Å². The lowest BCUT2D eigenvalue weighted by molar-refractivity contribution is -0.122. The Bertz CT molecular complexity index is 1010. The Morgan fingerprint density at radius 1 is 1.19 bits per heavy atom. The van der Waals surface area contributed by atoms with Crippen LogP contribution in [0.25, 0.3) is 10.9 Å². The van der Waals surface area contributed by atoms with Gasteiger partial charge in [0.05, 0.1) is 23.6 Å². The summed E-state index contributed by atoms with van der Waals surface area (Å²) in [6, 6.07) is 14.9. The third-order valence-corrected chi connectivity index (χ3v) is 4.54. The van der Waals surface area contributed by atoms with Gasteiger partial charge in [-0.25, -0.2) is 4.98 Å². The van der Waals surface area contributed by atoms with Gasteiger partial charge in [-0.15, -0.1) is 0 Å². The molecule has 1 atom stereocenters. The van der Waals surface area contributed by atoms with Gasteiger partial charge in [0.25, 0.3) is 5.56 Å². The van der Waals surface area contributed by atoms with E-state index in [1.807, 2.05) is 30.3 Å². The van der Waals surface area contributed by atoms with Gasteiger partial charge in [0.2, 0.25) is 5.91 Å². The first-order chi connectivity index (χ1) is 12.7. The summed E-state index contributed by atoms with van der Waals surface area (Å²) in [5.41, 5.74) is 1.47. The molecule has 0 saturated heterocycles. The minimum absolute atomic E-state index is 0.0453. The van der Waals surface area contributed by atoms with Crippen LogP contribution >= 0.6 is 0 Å². The van der Waals surface area contributed by atoms with E-state index in [4.69, 9.17) is 4.74 Å². The van der Waals surface area contributed by atoms with Crippen LogP contribution in [0.2, 0.25) is 0 Å². The summed E-state index contributed by atoms with van der Waals surface area (Å²) in [5, 5.41) is 3.61. The summed E-state index contributed by atoms with van der Waals surface area (Å²) >= 11 is 0. The molecule has 132 valence electrons. The maximum absolute atomic E-state index is 12.4.